The standard InChI is InChI=1S/C16H25N/c1-4-5-9-17-10-8-14-6-7-15(13(2)3)11-16(14)12-17/h6-7,11,13H,4-5,8-10,12H2,1-3H3. The summed E-state index contributed by atoms with van der Waals surface area (Å²) in [4.78, 5) is 2.61. The second kappa shape index (κ2) is 5.68. The molecule has 0 N–H and O–H groups in total. The van der Waals surface area contributed by atoms with Gasteiger partial charge in [-0.1, -0.05) is 45.4 Å². The Hall–Kier alpha value is -0.820. The molecule has 0 aliphatic carbocycles. The van der Waals surface area contributed by atoms with Gasteiger partial charge in [0.15, 0.2) is 0 Å². The fraction of sp³-hybridized carbons (Fsp3) is 0.625. The van der Waals surface area contributed by atoms with Crippen LogP contribution in [0.5, 0.6) is 0 Å². The third-order valence-electron chi connectivity index (χ3n) is 3.82. The molecular weight excluding hydrogens is 206 g/mol. The molecule has 1 aromatic rings. The van der Waals surface area contributed by atoms with Crippen molar-refractivity contribution in [2.75, 3.05) is 13.1 Å². The lowest BCUT2D eigenvalue weighted by Gasteiger charge is -2.29. The fourth-order valence-corrected chi connectivity index (χ4v) is 2.57. The molecule has 0 radical (unpaired) electrons. The van der Waals surface area contributed by atoms with Gasteiger partial charge in [-0.15, -0.1) is 0 Å². The predicted molar refractivity (Wildman–Crippen MR) is 74.4 cm³/mol. The van der Waals surface area contributed by atoms with Gasteiger partial charge in [-0.2, -0.15) is 0 Å². The van der Waals surface area contributed by atoms with Gasteiger partial charge < -0.3 is 0 Å². The van der Waals surface area contributed by atoms with Crippen LogP contribution in [0.25, 0.3) is 0 Å². The molecule has 0 unspecified atom stereocenters. The monoisotopic (exact) mass is 231 g/mol. The maximum absolute atomic E-state index is 2.61. The first-order valence-corrected chi connectivity index (χ1v) is 7.04. The van der Waals surface area contributed by atoms with Crippen molar-refractivity contribution >= 4 is 0 Å². The highest BCUT2D eigenvalue weighted by atomic mass is 15.1. The summed E-state index contributed by atoms with van der Waals surface area (Å²) in [5.74, 6) is 0.645. The van der Waals surface area contributed by atoms with Crippen LogP contribution in [-0.2, 0) is 13.0 Å². The first-order chi connectivity index (χ1) is 8.20. The Morgan fingerprint density at radius 1 is 1.24 bits per heavy atom. The van der Waals surface area contributed by atoms with Gasteiger partial charge in [0.05, 0.1) is 0 Å². The summed E-state index contributed by atoms with van der Waals surface area (Å²) in [6, 6.07) is 7.09. The van der Waals surface area contributed by atoms with Gasteiger partial charge in [0.1, 0.15) is 0 Å². The van der Waals surface area contributed by atoms with Crippen LogP contribution >= 0.6 is 0 Å². The van der Waals surface area contributed by atoms with E-state index in [0.29, 0.717) is 5.92 Å². The Morgan fingerprint density at radius 2 is 2.06 bits per heavy atom. The van der Waals surface area contributed by atoms with E-state index in [2.05, 4.69) is 43.9 Å². The molecule has 1 heteroatoms. The van der Waals surface area contributed by atoms with Crippen LogP contribution < -0.4 is 0 Å². The quantitative estimate of drug-likeness (QED) is 0.758. The van der Waals surface area contributed by atoms with Crippen LogP contribution in [-0.4, -0.2) is 18.0 Å². The van der Waals surface area contributed by atoms with Crippen LogP contribution in [0.2, 0.25) is 0 Å². The number of benzene rings is 1. The van der Waals surface area contributed by atoms with Crippen molar-refractivity contribution in [1.82, 2.24) is 4.90 Å². The van der Waals surface area contributed by atoms with E-state index in [-0.39, 0.29) is 0 Å². The van der Waals surface area contributed by atoms with Gasteiger partial charge in [-0.25, -0.2) is 0 Å². The SMILES string of the molecule is CCCCN1CCc2ccc(C(C)C)cc2C1. The Balaban J connectivity index is 2.09. The number of fused-ring (bicyclic) bond motifs is 1. The zero-order valence-electron chi connectivity index (χ0n) is 11.5. The molecule has 17 heavy (non-hydrogen) atoms. The molecule has 0 saturated carbocycles. The van der Waals surface area contributed by atoms with E-state index in [0.717, 1.165) is 6.54 Å². The molecule has 1 aliphatic rings. The molecule has 1 aromatic carbocycles. The van der Waals surface area contributed by atoms with Crippen molar-refractivity contribution in [3.05, 3.63) is 34.9 Å². The van der Waals surface area contributed by atoms with E-state index in [1.165, 1.54) is 37.9 Å². The van der Waals surface area contributed by atoms with E-state index in [1.54, 1.807) is 11.1 Å². The molecule has 0 saturated heterocycles. The van der Waals surface area contributed by atoms with E-state index < -0.39 is 0 Å². The summed E-state index contributed by atoms with van der Waals surface area (Å²) in [7, 11) is 0. The minimum Gasteiger partial charge on any atom is -0.299 e. The van der Waals surface area contributed by atoms with Crippen LogP contribution in [0.1, 0.15) is 56.2 Å². The first-order valence-electron chi connectivity index (χ1n) is 7.04. The Kier molecular flexibility index (Phi) is 4.22. The summed E-state index contributed by atoms with van der Waals surface area (Å²) in [6.07, 6.45) is 3.87. The lowest BCUT2D eigenvalue weighted by Crippen LogP contribution is -2.31. The Labute approximate surface area is 106 Å². The highest BCUT2D eigenvalue weighted by molar-refractivity contribution is 5.35. The van der Waals surface area contributed by atoms with E-state index in [1.807, 2.05) is 0 Å². The van der Waals surface area contributed by atoms with Crippen molar-refractivity contribution in [3.63, 3.8) is 0 Å². The average molecular weight is 231 g/mol. The third kappa shape index (κ3) is 3.10. The van der Waals surface area contributed by atoms with E-state index >= 15 is 0 Å². The molecule has 0 spiro atoms. The second-order valence-corrected chi connectivity index (χ2v) is 5.56. The second-order valence-electron chi connectivity index (χ2n) is 5.56. The van der Waals surface area contributed by atoms with Crippen LogP contribution in [0.4, 0.5) is 0 Å². The molecule has 0 amide bonds. The van der Waals surface area contributed by atoms with E-state index in [9.17, 15) is 0 Å². The minimum absolute atomic E-state index is 0.645. The lowest BCUT2D eigenvalue weighted by atomic mass is 9.93. The zero-order chi connectivity index (χ0) is 12.3. The molecule has 2 rings (SSSR count). The molecule has 1 nitrogen and oxygen atoms in total. The van der Waals surface area contributed by atoms with Crippen LogP contribution in [0.3, 0.4) is 0 Å². The number of hydrogen-bond acceptors (Lipinski definition) is 1. The average Bonchev–Trinajstić information content (AvgIpc) is 2.35. The molecule has 1 aliphatic heterocycles. The molecule has 94 valence electrons. The number of hydrogen-bond donors (Lipinski definition) is 0. The molecule has 0 fully saturated rings. The minimum atomic E-state index is 0.645. The molecule has 0 bridgehead atoms. The normalized spacial score (nSPS) is 16.2. The number of nitrogens with zero attached hydrogens (tertiary/aromatic N) is 1. The molecule has 0 atom stereocenters. The van der Waals surface area contributed by atoms with Gasteiger partial charge in [0.2, 0.25) is 0 Å². The Bertz CT molecular complexity index is 368. The van der Waals surface area contributed by atoms with Gasteiger partial charge >= 0.3 is 0 Å². The van der Waals surface area contributed by atoms with E-state index in [4.69, 9.17) is 0 Å². The first kappa shape index (κ1) is 12.6. The van der Waals surface area contributed by atoms with Crippen LogP contribution in [0.15, 0.2) is 18.2 Å². The van der Waals surface area contributed by atoms with Crippen LogP contribution in [0, 0.1) is 0 Å². The lowest BCUT2D eigenvalue weighted by molar-refractivity contribution is 0.250. The van der Waals surface area contributed by atoms with Crippen molar-refractivity contribution in [2.45, 2.75) is 52.5 Å². The number of rotatable bonds is 4. The third-order valence-corrected chi connectivity index (χ3v) is 3.82. The Morgan fingerprint density at radius 3 is 2.76 bits per heavy atom. The van der Waals surface area contributed by atoms with Gasteiger partial charge in [0.25, 0.3) is 0 Å². The number of unbranched alkanes of at least 4 members (excludes halogenated alkanes) is 1. The predicted octanol–water partition coefficient (Wildman–Crippen LogP) is 3.97. The van der Waals surface area contributed by atoms with Gasteiger partial charge in [-0.3, -0.25) is 4.90 Å². The van der Waals surface area contributed by atoms with Crippen molar-refractivity contribution in [2.24, 2.45) is 0 Å². The summed E-state index contributed by atoms with van der Waals surface area (Å²) in [6.45, 7) is 10.5. The summed E-state index contributed by atoms with van der Waals surface area (Å²) in [5, 5.41) is 0. The smallest absolute Gasteiger partial charge is 0.0236 e. The topological polar surface area (TPSA) is 3.24 Å². The van der Waals surface area contributed by atoms with Gasteiger partial charge in [0, 0.05) is 13.1 Å². The highest BCUT2D eigenvalue weighted by Gasteiger charge is 2.16. The van der Waals surface area contributed by atoms with Crippen molar-refractivity contribution < 1.29 is 0 Å². The largest absolute Gasteiger partial charge is 0.299 e. The van der Waals surface area contributed by atoms with Crippen molar-refractivity contribution in [1.29, 1.82) is 0 Å². The van der Waals surface area contributed by atoms with Gasteiger partial charge in [-0.05, 0) is 42.0 Å². The summed E-state index contributed by atoms with van der Waals surface area (Å²) >= 11 is 0. The maximum Gasteiger partial charge on any atom is 0.0236 e. The maximum atomic E-state index is 2.61. The fourth-order valence-electron chi connectivity index (χ4n) is 2.57. The summed E-state index contributed by atoms with van der Waals surface area (Å²) < 4.78 is 0. The molecular formula is C16H25N. The van der Waals surface area contributed by atoms with Crippen molar-refractivity contribution in [3.8, 4) is 0 Å². The summed E-state index contributed by atoms with van der Waals surface area (Å²) in [5.41, 5.74) is 4.63. The molecule has 1 heterocycles. The molecule has 0 aromatic heterocycles. The highest BCUT2D eigenvalue weighted by Crippen LogP contribution is 2.24. The zero-order valence-corrected chi connectivity index (χ0v) is 11.5.